The van der Waals surface area contributed by atoms with E-state index in [2.05, 4.69) is 10.1 Å². The molecule has 1 aromatic heterocycles. The monoisotopic (exact) mass is 321 g/mol. The molecule has 0 atom stereocenters. The third-order valence-corrected chi connectivity index (χ3v) is 2.96. The Morgan fingerprint density at radius 3 is 2.80 bits per heavy atom. The first-order valence-corrected chi connectivity index (χ1v) is 6.89. The van der Waals surface area contributed by atoms with Gasteiger partial charge >= 0.3 is 5.97 Å². The van der Waals surface area contributed by atoms with E-state index >= 15 is 0 Å². The number of halogens is 1. The fraction of sp³-hybridized carbons (Fsp3) is 0.400. The summed E-state index contributed by atoms with van der Waals surface area (Å²) in [5, 5.41) is 23.6. The van der Waals surface area contributed by atoms with E-state index in [0.29, 0.717) is 11.2 Å². The SMILES string of the molecule is CCCON=C(C(=O)O)c1csc(=NC(=O)CCl)n1O. The van der Waals surface area contributed by atoms with E-state index in [-0.39, 0.29) is 23.0 Å². The molecule has 8 nitrogen and oxygen atoms in total. The molecule has 0 bridgehead atoms. The minimum absolute atomic E-state index is 0.102. The zero-order chi connectivity index (χ0) is 15.1. The number of carbonyl (C=O) groups is 2. The van der Waals surface area contributed by atoms with Gasteiger partial charge in [0.2, 0.25) is 10.5 Å². The van der Waals surface area contributed by atoms with E-state index in [1.165, 1.54) is 5.38 Å². The highest BCUT2D eigenvalue weighted by atomic mass is 35.5. The number of carbonyl (C=O) groups excluding carboxylic acids is 1. The molecule has 1 aromatic rings. The van der Waals surface area contributed by atoms with Gasteiger partial charge in [0.15, 0.2) is 0 Å². The van der Waals surface area contributed by atoms with Crippen molar-refractivity contribution in [3.8, 4) is 0 Å². The molecule has 0 fully saturated rings. The van der Waals surface area contributed by atoms with Gasteiger partial charge in [-0.15, -0.1) is 22.9 Å². The number of nitrogens with zero attached hydrogens (tertiary/aromatic N) is 3. The summed E-state index contributed by atoms with van der Waals surface area (Å²) in [6.45, 7) is 2.08. The molecule has 0 aliphatic rings. The van der Waals surface area contributed by atoms with E-state index in [1.54, 1.807) is 0 Å². The highest BCUT2D eigenvalue weighted by molar-refractivity contribution is 7.07. The summed E-state index contributed by atoms with van der Waals surface area (Å²) < 4.78 is 0.456. The molecule has 0 aliphatic carbocycles. The molecule has 0 aromatic carbocycles. The number of rotatable bonds is 6. The molecule has 0 saturated heterocycles. The highest BCUT2D eigenvalue weighted by Crippen LogP contribution is 2.04. The Balaban J connectivity index is 3.17. The third-order valence-electron chi connectivity index (χ3n) is 1.92. The van der Waals surface area contributed by atoms with Crippen molar-refractivity contribution < 1.29 is 24.7 Å². The molecule has 110 valence electrons. The van der Waals surface area contributed by atoms with Gasteiger partial charge in [-0.25, -0.2) is 4.79 Å². The summed E-state index contributed by atoms with van der Waals surface area (Å²) in [5.74, 6) is -2.37. The van der Waals surface area contributed by atoms with Crippen molar-refractivity contribution in [2.75, 3.05) is 12.5 Å². The lowest BCUT2D eigenvalue weighted by Gasteiger charge is -2.01. The first-order valence-electron chi connectivity index (χ1n) is 5.48. The number of aromatic nitrogens is 1. The van der Waals surface area contributed by atoms with Crippen molar-refractivity contribution in [1.82, 2.24) is 4.73 Å². The Morgan fingerprint density at radius 2 is 2.25 bits per heavy atom. The van der Waals surface area contributed by atoms with E-state index in [9.17, 15) is 14.8 Å². The van der Waals surface area contributed by atoms with Crippen molar-refractivity contribution >= 4 is 40.5 Å². The number of aliphatic carboxylic acids is 1. The molecule has 20 heavy (non-hydrogen) atoms. The first-order chi connectivity index (χ1) is 9.51. The number of hydrogen-bond donors (Lipinski definition) is 2. The van der Waals surface area contributed by atoms with Crippen LogP contribution in [0.25, 0.3) is 0 Å². The van der Waals surface area contributed by atoms with Crippen LogP contribution in [0.15, 0.2) is 15.5 Å². The average Bonchev–Trinajstić information content (AvgIpc) is 2.76. The van der Waals surface area contributed by atoms with Crippen molar-refractivity contribution in [2.45, 2.75) is 13.3 Å². The molecule has 1 rings (SSSR count). The van der Waals surface area contributed by atoms with Gasteiger partial charge in [0.05, 0.1) is 0 Å². The maximum atomic E-state index is 11.1. The van der Waals surface area contributed by atoms with Gasteiger partial charge in [-0.1, -0.05) is 12.1 Å². The Bertz CT molecular complexity index is 592. The molecule has 2 N–H and O–H groups in total. The van der Waals surface area contributed by atoms with Gasteiger partial charge in [-0.2, -0.15) is 9.72 Å². The molecule has 0 radical (unpaired) electrons. The lowest BCUT2D eigenvalue weighted by molar-refractivity contribution is -0.129. The summed E-state index contributed by atoms with van der Waals surface area (Å²) in [6, 6.07) is 0. The molecule has 1 heterocycles. The van der Waals surface area contributed by atoms with Crippen LogP contribution in [0.3, 0.4) is 0 Å². The lowest BCUT2D eigenvalue weighted by Crippen LogP contribution is -2.24. The van der Waals surface area contributed by atoms with Crippen LogP contribution in [0, 0.1) is 0 Å². The van der Waals surface area contributed by atoms with Crippen molar-refractivity contribution in [3.05, 3.63) is 15.9 Å². The lowest BCUT2D eigenvalue weighted by atomic mass is 10.3. The molecule has 0 aliphatic heterocycles. The number of carboxylic acid groups (broad SMARTS) is 1. The first kappa shape index (κ1) is 16.2. The van der Waals surface area contributed by atoms with Gasteiger partial charge in [0.25, 0.3) is 5.91 Å². The number of oxime groups is 1. The van der Waals surface area contributed by atoms with E-state index in [1.807, 2.05) is 6.92 Å². The highest BCUT2D eigenvalue weighted by Gasteiger charge is 2.20. The maximum absolute atomic E-state index is 11.1. The third kappa shape index (κ3) is 4.07. The second-order valence-electron chi connectivity index (χ2n) is 3.43. The van der Waals surface area contributed by atoms with E-state index in [4.69, 9.17) is 21.5 Å². The maximum Gasteiger partial charge on any atom is 0.360 e. The van der Waals surface area contributed by atoms with E-state index in [0.717, 1.165) is 11.3 Å². The number of alkyl halides is 1. The Hall–Kier alpha value is -1.87. The Labute approximate surface area is 122 Å². The molecule has 0 unspecified atom stereocenters. The standard InChI is InChI=1S/C10H12ClN3O5S/c1-2-3-19-13-8(9(16)17)6-5-20-10(14(6)18)12-7(15)4-11/h5,18H,2-4H2,1H3,(H,16,17). The van der Waals surface area contributed by atoms with Gasteiger partial charge in [-0.05, 0) is 6.42 Å². The summed E-state index contributed by atoms with van der Waals surface area (Å²) >= 11 is 6.16. The fourth-order valence-corrected chi connectivity index (χ4v) is 1.92. The Kier molecular flexibility index (Phi) is 6.19. The van der Waals surface area contributed by atoms with Crippen LogP contribution in [0.1, 0.15) is 19.0 Å². The molecule has 0 saturated carbocycles. The molecular formula is C10H12ClN3O5S. The minimum atomic E-state index is -1.38. The quantitative estimate of drug-likeness (QED) is 0.263. The number of thiazole rings is 1. The summed E-state index contributed by atoms with van der Waals surface area (Å²) in [7, 11) is 0. The zero-order valence-electron chi connectivity index (χ0n) is 10.4. The number of hydrogen-bond acceptors (Lipinski definition) is 6. The van der Waals surface area contributed by atoms with Crippen molar-refractivity contribution in [3.63, 3.8) is 0 Å². The van der Waals surface area contributed by atoms with Crippen molar-refractivity contribution in [2.24, 2.45) is 10.1 Å². The predicted octanol–water partition coefficient (Wildman–Crippen LogP) is 0.668. The van der Waals surface area contributed by atoms with Gasteiger partial charge in [0.1, 0.15) is 18.2 Å². The molecule has 1 amide bonds. The van der Waals surface area contributed by atoms with Gasteiger partial charge in [0, 0.05) is 5.38 Å². The number of carboxylic acids is 1. The largest absolute Gasteiger partial charge is 0.476 e. The van der Waals surface area contributed by atoms with Crippen LogP contribution in [0.4, 0.5) is 0 Å². The molecule has 0 spiro atoms. The van der Waals surface area contributed by atoms with E-state index < -0.39 is 17.6 Å². The Morgan fingerprint density at radius 1 is 1.55 bits per heavy atom. The van der Waals surface area contributed by atoms with Crippen LogP contribution in [0.2, 0.25) is 0 Å². The zero-order valence-corrected chi connectivity index (χ0v) is 12.0. The van der Waals surface area contributed by atoms with Gasteiger partial charge < -0.3 is 15.2 Å². The topological polar surface area (TPSA) is 113 Å². The van der Waals surface area contributed by atoms with Gasteiger partial charge in [-0.3, -0.25) is 4.79 Å². The minimum Gasteiger partial charge on any atom is -0.476 e. The second-order valence-corrected chi connectivity index (χ2v) is 4.54. The fourth-order valence-electron chi connectivity index (χ4n) is 1.07. The van der Waals surface area contributed by atoms with Crippen LogP contribution < -0.4 is 4.80 Å². The van der Waals surface area contributed by atoms with Crippen LogP contribution in [0.5, 0.6) is 0 Å². The predicted molar refractivity (Wildman–Crippen MR) is 71.2 cm³/mol. The summed E-state index contributed by atoms with van der Waals surface area (Å²) in [4.78, 5) is 30.4. The normalized spacial score (nSPS) is 12.5. The molecular weight excluding hydrogens is 310 g/mol. The average molecular weight is 322 g/mol. The summed E-state index contributed by atoms with van der Waals surface area (Å²) in [6.07, 6.45) is 0.657. The van der Waals surface area contributed by atoms with Crippen LogP contribution in [-0.2, 0) is 14.4 Å². The van der Waals surface area contributed by atoms with Crippen LogP contribution in [-0.4, -0.2) is 45.1 Å². The number of amides is 1. The summed E-state index contributed by atoms with van der Waals surface area (Å²) in [5.41, 5.74) is -0.628. The smallest absolute Gasteiger partial charge is 0.360 e. The second kappa shape index (κ2) is 7.65. The van der Waals surface area contributed by atoms with Crippen molar-refractivity contribution in [1.29, 1.82) is 0 Å². The molecule has 10 heteroatoms. The van der Waals surface area contributed by atoms with Crippen LogP contribution >= 0.6 is 22.9 Å².